The Labute approximate surface area is 138 Å². The highest BCUT2D eigenvalue weighted by molar-refractivity contribution is 6.29. The molecule has 23 heavy (non-hydrogen) atoms. The van der Waals surface area contributed by atoms with E-state index in [1.54, 1.807) is 31.0 Å². The van der Waals surface area contributed by atoms with Crippen LogP contribution in [0.3, 0.4) is 0 Å². The molecule has 0 aliphatic carbocycles. The fourth-order valence-corrected chi connectivity index (χ4v) is 2.95. The predicted octanol–water partition coefficient (Wildman–Crippen LogP) is 2.03. The Kier molecular flexibility index (Phi) is 3.80. The van der Waals surface area contributed by atoms with E-state index in [1.807, 2.05) is 4.57 Å². The van der Waals surface area contributed by atoms with Crippen molar-refractivity contribution in [2.75, 3.05) is 18.4 Å². The third-order valence-corrected chi connectivity index (χ3v) is 4.12. The summed E-state index contributed by atoms with van der Waals surface area (Å²) in [5.41, 5.74) is 1.63. The van der Waals surface area contributed by atoms with Crippen LogP contribution < -0.4 is 10.6 Å². The SMILES string of the molecule is Clc1cc2c(cn1)ncn2-c1cncc(NC2CCCNC2)n1. The van der Waals surface area contributed by atoms with Gasteiger partial charge in [0.15, 0.2) is 5.82 Å². The van der Waals surface area contributed by atoms with Crippen LogP contribution in [0, 0.1) is 0 Å². The third kappa shape index (κ3) is 2.97. The van der Waals surface area contributed by atoms with E-state index in [9.17, 15) is 0 Å². The monoisotopic (exact) mass is 329 g/mol. The third-order valence-electron chi connectivity index (χ3n) is 3.92. The average molecular weight is 330 g/mol. The molecular weight excluding hydrogens is 314 g/mol. The van der Waals surface area contributed by atoms with Crippen molar-refractivity contribution in [3.63, 3.8) is 0 Å². The molecule has 3 aromatic rings. The molecule has 1 fully saturated rings. The highest BCUT2D eigenvalue weighted by Crippen LogP contribution is 2.19. The molecule has 4 heterocycles. The van der Waals surface area contributed by atoms with Crippen LogP contribution in [0.1, 0.15) is 12.8 Å². The summed E-state index contributed by atoms with van der Waals surface area (Å²) in [6, 6.07) is 2.16. The van der Waals surface area contributed by atoms with Gasteiger partial charge in [-0.3, -0.25) is 9.55 Å². The first-order valence-electron chi connectivity index (χ1n) is 7.58. The molecule has 2 N–H and O–H groups in total. The van der Waals surface area contributed by atoms with Gasteiger partial charge >= 0.3 is 0 Å². The minimum Gasteiger partial charge on any atom is -0.365 e. The molecule has 1 aliphatic heterocycles. The van der Waals surface area contributed by atoms with Crippen LogP contribution in [0.2, 0.25) is 5.15 Å². The molecule has 1 aliphatic rings. The number of aromatic nitrogens is 5. The van der Waals surface area contributed by atoms with Gasteiger partial charge in [-0.2, -0.15) is 0 Å². The van der Waals surface area contributed by atoms with Gasteiger partial charge in [-0.15, -0.1) is 0 Å². The maximum absolute atomic E-state index is 5.99. The Morgan fingerprint density at radius 1 is 1.26 bits per heavy atom. The summed E-state index contributed by atoms with van der Waals surface area (Å²) in [6.07, 6.45) is 9.11. The lowest BCUT2D eigenvalue weighted by atomic mass is 10.1. The zero-order valence-electron chi connectivity index (χ0n) is 12.4. The second-order valence-corrected chi connectivity index (χ2v) is 5.95. The molecule has 1 unspecified atom stereocenters. The molecule has 3 aromatic heterocycles. The zero-order chi connectivity index (χ0) is 15.6. The summed E-state index contributed by atoms with van der Waals surface area (Å²) in [7, 11) is 0. The van der Waals surface area contributed by atoms with E-state index >= 15 is 0 Å². The number of rotatable bonds is 3. The van der Waals surface area contributed by atoms with Gasteiger partial charge < -0.3 is 10.6 Å². The van der Waals surface area contributed by atoms with Gasteiger partial charge in [-0.1, -0.05) is 11.6 Å². The number of piperidine rings is 1. The van der Waals surface area contributed by atoms with Crippen LogP contribution in [-0.2, 0) is 0 Å². The first-order chi connectivity index (χ1) is 11.3. The standard InChI is InChI=1S/C15H16ClN7/c16-13-4-12-11(6-19-13)20-9-23(12)15-8-18-7-14(22-15)21-10-2-1-3-17-5-10/h4,6-10,17H,1-3,5H2,(H,21,22). The van der Waals surface area contributed by atoms with Gasteiger partial charge in [0, 0.05) is 18.7 Å². The minimum atomic E-state index is 0.381. The van der Waals surface area contributed by atoms with Gasteiger partial charge in [-0.05, 0) is 19.4 Å². The molecule has 7 nitrogen and oxygen atoms in total. The van der Waals surface area contributed by atoms with E-state index in [2.05, 4.69) is 30.6 Å². The molecule has 118 valence electrons. The number of nitrogens with zero attached hydrogens (tertiary/aromatic N) is 5. The maximum atomic E-state index is 5.99. The molecule has 4 rings (SSSR count). The number of fused-ring (bicyclic) bond motifs is 1. The Morgan fingerprint density at radius 2 is 2.22 bits per heavy atom. The molecule has 1 atom stereocenters. The number of hydrogen-bond acceptors (Lipinski definition) is 6. The Hall–Kier alpha value is -2.25. The molecule has 1 saturated heterocycles. The van der Waals surface area contributed by atoms with Gasteiger partial charge in [0.1, 0.15) is 22.8 Å². The predicted molar refractivity (Wildman–Crippen MR) is 89.0 cm³/mol. The van der Waals surface area contributed by atoms with E-state index in [0.29, 0.717) is 17.0 Å². The molecule has 0 bridgehead atoms. The summed E-state index contributed by atoms with van der Waals surface area (Å²) < 4.78 is 1.86. The highest BCUT2D eigenvalue weighted by atomic mass is 35.5. The van der Waals surface area contributed by atoms with Crippen molar-refractivity contribution >= 4 is 28.5 Å². The van der Waals surface area contributed by atoms with Crippen molar-refractivity contribution in [1.29, 1.82) is 0 Å². The largest absolute Gasteiger partial charge is 0.365 e. The second-order valence-electron chi connectivity index (χ2n) is 5.56. The van der Waals surface area contributed by atoms with Crippen LogP contribution in [-0.4, -0.2) is 43.6 Å². The molecule has 8 heteroatoms. The van der Waals surface area contributed by atoms with Crippen molar-refractivity contribution in [1.82, 2.24) is 29.8 Å². The Morgan fingerprint density at radius 3 is 3.09 bits per heavy atom. The van der Waals surface area contributed by atoms with Crippen molar-refractivity contribution in [3.05, 3.63) is 36.1 Å². The smallest absolute Gasteiger partial charge is 0.159 e. The number of imidazole rings is 1. The molecule has 0 aromatic carbocycles. The first-order valence-corrected chi connectivity index (χ1v) is 7.96. The molecular formula is C15H16ClN7. The lowest BCUT2D eigenvalue weighted by molar-refractivity contribution is 0.479. The quantitative estimate of drug-likeness (QED) is 0.716. The Bertz CT molecular complexity index is 826. The van der Waals surface area contributed by atoms with Crippen LogP contribution in [0.5, 0.6) is 0 Å². The lowest BCUT2D eigenvalue weighted by Gasteiger charge is -2.24. The van der Waals surface area contributed by atoms with Gasteiger partial charge in [-0.25, -0.2) is 15.0 Å². The molecule has 0 spiro atoms. The van der Waals surface area contributed by atoms with E-state index in [0.717, 1.165) is 36.4 Å². The summed E-state index contributed by atoms with van der Waals surface area (Å²) in [4.78, 5) is 17.3. The van der Waals surface area contributed by atoms with Crippen LogP contribution in [0.4, 0.5) is 5.82 Å². The van der Waals surface area contributed by atoms with Crippen molar-refractivity contribution < 1.29 is 0 Å². The van der Waals surface area contributed by atoms with Gasteiger partial charge in [0.05, 0.1) is 24.1 Å². The van der Waals surface area contributed by atoms with Crippen LogP contribution in [0.25, 0.3) is 16.9 Å². The lowest BCUT2D eigenvalue weighted by Crippen LogP contribution is -2.38. The van der Waals surface area contributed by atoms with Gasteiger partial charge in [0.2, 0.25) is 0 Å². The number of halogens is 1. The maximum Gasteiger partial charge on any atom is 0.159 e. The topological polar surface area (TPSA) is 80.5 Å². The van der Waals surface area contributed by atoms with E-state index in [-0.39, 0.29) is 0 Å². The second kappa shape index (κ2) is 6.10. The normalized spacial score (nSPS) is 18.2. The van der Waals surface area contributed by atoms with E-state index < -0.39 is 0 Å². The molecule has 0 saturated carbocycles. The number of anilines is 1. The Balaban J connectivity index is 1.65. The van der Waals surface area contributed by atoms with Gasteiger partial charge in [0.25, 0.3) is 0 Å². The highest BCUT2D eigenvalue weighted by Gasteiger charge is 2.14. The molecule has 0 radical (unpaired) electrons. The molecule has 0 amide bonds. The fraction of sp³-hybridized carbons (Fsp3) is 0.333. The van der Waals surface area contributed by atoms with Crippen LogP contribution >= 0.6 is 11.6 Å². The summed E-state index contributed by atoms with van der Waals surface area (Å²) >= 11 is 5.99. The number of pyridine rings is 1. The van der Waals surface area contributed by atoms with E-state index in [1.165, 1.54) is 6.42 Å². The number of hydrogen-bond donors (Lipinski definition) is 2. The number of nitrogens with one attached hydrogen (secondary N) is 2. The average Bonchev–Trinajstić information content (AvgIpc) is 2.99. The zero-order valence-corrected chi connectivity index (χ0v) is 13.2. The van der Waals surface area contributed by atoms with Crippen molar-refractivity contribution in [2.24, 2.45) is 0 Å². The fourth-order valence-electron chi connectivity index (χ4n) is 2.80. The summed E-state index contributed by atoms with van der Waals surface area (Å²) in [5, 5.41) is 7.24. The minimum absolute atomic E-state index is 0.381. The summed E-state index contributed by atoms with van der Waals surface area (Å²) in [5.74, 6) is 1.46. The summed E-state index contributed by atoms with van der Waals surface area (Å²) in [6.45, 7) is 2.03. The van der Waals surface area contributed by atoms with Crippen LogP contribution in [0.15, 0.2) is 31.0 Å². The first kappa shape index (κ1) is 14.3. The van der Waals surface area contributed by atoms with Crippen molar-refractivity contribution in [3.8, 4) is 5.82 Å². The van der Waals surface area contributed by atoms with Crippen molar-refractivity contribution in [2.45, 2.75) is 18.9 Å². The van der Waals surface area contributed by atoms with E-state index in [4.69, 9.17) is 11.6 Å².